The highest BCUT2D eigenvalue weighted by Crippen LogP contribution is 2.49. The van der Waals surface area contributed by atoms with Gasteiger partial charge in [-0.25, -0.2) is 4.68 Å². The van der Waals surface area contributed by atoms with Gasteiger partial charge >= 0.3 is 0 Å². The van der Waals surface area contributed by atoms with Crippen LogP contribution in [0.3, 0.4) is 0 Å². The van der Waals surface area contributed by atoms with Gasteiger partial charge in [0.1, 0.15) is 5.69 Å². The maximum Gasteiger partial charge on any atom is 0.295 e. The lowest BCUT2D eigenvalue weighted by atomic mass is 9.84. The average molecular weight is 471 g/mol. The molecule has 0 radical (unpaired) electrons. The van der Waals surface area contributed by atoms with Crippen molar-refractivity contribution in [2.24, 2.45) is 24.8 Å². The lowest BCUT2D eigenvalue weighted by Crippen LogP contribution is -2.41. The molecule has 0 spiro atoms. The van der Waals surface area contributed by atoms with Gasteiger partial charge in [-0.2, -0.15) is 0 Å². The first-order valence-electron chi connectivity index (χ1n) is 11.8. The van der Waals surface area contributed by atoms with E-state index in [1.165, 1.54) is 42.1 Å². The molecule has 7 nitrogen and oxygen atoms in total. The van der Waals surface area contributed by atoms with Crippen molar-refractivity contribution in [1.82, 2.24) is 14.7 Å². The molecular weight excluding hydrogens is 436 g/mol. The molecule has 2 aromatic rings. The van der Waals surface area contributed by atoms with Gasteiger partial charge in [0.15, 0.2) is 0 Å². The Bertz CT molecular complexity index is 1080. The summed E-state index contributed by atoms with van der Waals surface area (Å²) in [5.41, 5.74) is 1.40. The van der Waals surface area contributed by atoms with Crippen LogP contribution in [0.15, 0.2) is 35.1 Å². The van der Waals surface area contributed by atoms with E-state index >= 15 is 0 Å². The number of nitrogens with zero attached hydrogens (tertiary/aromatic N) is 2. The van der Waals surface area contributed by atoms with Crippen molar-refractivity contribution in [3.8, 4) is 5.69 Å². The summed E-state index contributed by atoms with van der Waals surface area (Å²) < 4.78 is 3.27. The van der Waals surface area contributed by atoms with Crippen molar-refractivity contribution in [2.75, 3.05) is 11.1 Å². The predicted octanol–water partition coefficient (Wildman–Crippen LogP) is 3.49. The van der Waals surface area contributed by atoms with E-state index in [9.17, 15) is 14.4 Å². The minimum atomic E-state index is -0.460. The molecule has 2 saturated carbocycles. The monoisotopic (exact) mass is 470 g/mol. The zero-order chi connectivity index (χ0) is 23.7. The number of hydrogen-bond donors (Lipinski definition) is 2. The molecule has 0 aliphatic heterocycles. The number of rotatable bonds is 8. The van der Waals surface area contributed by atoms with Crippen LogP contribution in [0.2, 0.25) is 0 Å². The summed E-state index contributed by atoms with van der Waals surface area (Å²) in [6.45, 7) is 5.68. The Morgan fingerprint density at radius 1 is 1.15 bits per heavy atom. The fourth-order valence-corrected chi connectivity index (χ4v) is 6.22. The number of aromatic nitrogens is 2. The molecule has 2 fully saturated rings. The molecule has 1 heterocycles. The molecule has 0 saturated heterocycles. The van der Waals surface area contributed by atoms with Crippen molar-refractivity contribution in [3.05, 3.63) is 46.4 Å². The van der Waals surface area contributed by atoms with Gasteiger partial charge in [-0.05, 0) is 69.9 Å². The quantitative estimate of drug-likeness (QED) is 0.619. The van der Waals surface area contributed by atoms with Gasteiger partial charge in [-0.1, -0.05) is 24.6 Å². The van der Waals surface area contributed by atoms with E-state index in [1.54, 1.807) is 25.6 Å². The smallest absolute Gasteiger partial charge is 0.295 e. The second kappa shape index (κ2) is 9.79. The van der Waals surface area contributed by atoms with E-state index in [2.05, 4.69) is 17.6 Å². The third kappa shape index (κ3) is 4.90. The van der Waals surface area contributed by atoms with Gasteiger partial charge in [0, 0.05) is 13.1 Å². The van der Waals surface area contributed by atoms with E-state index in [0.717, 1.165) is 17.5 Å². The van der Waals surface area contributed by atoms with Crippen LogP contribution in [0.5, 0.6) is 0 Å². The summed E-state index contributed by atoms with van der Waals surface area (Å²) in [4.78, 5) is 38.3. The number of hydrogen-bond acceptors (Lipinski definition) is 4. The second-order valence-corrected chi connectivity index (χ2v) is 10.9. The Labute approximate surface area is 199 Å². The van der Waals surface area contributed by atoms with Gasteiger partial charge in [0.2, 0.25) is 11.8 Å². The Morgan fingerprint density at radius 3 is 2.52 bits per heavy atom. The molecule has 2 bridgehead atoms. The Hall–Kier alpha value is -2.48. The Kier molecular flexibility index (Phi) is 7.02. The molecule has 8 heteroatoms. The second-order valence-electron chi connectivity index (χ2n) is 9.57. The van der Waals surface area contributed by atoms with Crippen LogP contribution >= 0.6 is 11.8 Å². The summed E-state index contributed by atoms with van der Waals surface area (Å²) in [7, 11) is 1.79. The van der Waals surface area contributed by atoms with Crippen molar-refractivity contribution >= 4 is 29.3 Å². The zero-order valence-corrected chi connectivity index (χ0v) is 20.7. The number of para-hydroxylation sites is 1. The molecule has 2 aliphatic rings. The molecule has 2 aliphatic carbocycles. The molecule has 4 rings (SSSR count). The van der Waals surface area contributed by atoms with Crippen LogP contribution in [0.25, 0.3) is 5.69 Å². The van der Waals surface area contributed by atoms with Crippen molar-refractivity contribution < 1.29 is 9.59 Å². The molecule has 5 atom stereocenters. The van der Waals surface area contributed by atoms with Crippen LogP contribution in [-0.2, 0) is 16.6 Å². The van der Waals surface area contributed by atoms with Gasteiger partial charge in [0.25, 0.3) is 5.56 Å². The normalized spacial score (nSPS) is 23.3. The fourth-order valence-electron chi connectivity index (χ4n) is 5.52. The van der Waals surface area contributed by atoms with E-state index in [-0.39, 0.29) is 34.9 Å². The van der Waals surface area contributed by atoms with E-state index in [4.69, 9.17) is 0 Å². The van der Waals surface area contributed by atoms with Gasteiger partial charge in [-0.15, -0.1) is 11.8 Å². The maximum absolute atomic E-state index is 13.0. The fraction of sp³-hybridized carbons (Fsp3) is 0.560. The van der Waals surface area contributed by atoms with Crippen LogP contribution in [0.1, 0.15) is 45.2 Å². The van der Waals surface area contributed by atoms with Crippen LogP contribution in [-0.4, -0.2) is 38.2 Å². The molecule has 5 unspecified atom stereocenters. The van der Waals surface area contributed by atoms with Gasteiger partial charge < -0.3 is 10.6 Å². The van der Waals surface area contributed by atoms with E-state index in [0.29, 0.717) is 11.6 Å². The zero-order valence-electron chi connectivity index (χ0n) is 19.8. The summed E-state index contributed by atoms with van der Waals surface area (Å²) in [5.74, 6) is 2.12. The summed E-state index contributed by atoms with van der Waals surface area (Å²) >= 11 is 1.29. The Morgan fingerprint density at radius 2 is 1.88 bits per heavy atom. The average Bonchev–Trinajstić information content (AvgIpc) is 3.49. The third-order valence-corrected chi connectivity index (χ3v) is 8.60. The lowest BCUT2D eigenvalue weighted by Gasteiger charge is -2.28. The van der Waals surface area contributed by atoms with Crippen LogP contribution in [0, 0.1) is 24.7 Å². The van der Waals surface area contributed by atoms with Crippen molar-refractivity contribution in [2.45, 2.75) is 57.7 Å². The number of thioether (sulfide) groups is 1. The van der Waals surface area contributed by atoms with Crippen molar-refractivity contribution in [1.29, 1.82) is 0 Å². The highest BCUT2D eigenvalue weighted by molar-refractivity contribution is 8.01. The molecule has 2 amide bonds. The summed E-state index contributed by atoms with van der Waals surface area (Å²) in [6, 6.07) is 9.50. The number of carbonyl (C=O) groups excluding carboxylic acids is 2. The number of anilines is 1. The predicted molar refractivity (Wildman–Crippen MR) is 133 cm³/mol. The largest absolute Gasteiger partial charge is 0.353 e. The minimum absolute atomic E-state index is 0.0303. The van der Waals surface area contributed by atoms with Gasteiger partial charge in [-0.3, -0.25) is 19.1 Å². The highest BCUT2D eigenvalue weighted by Gasteiger charge is 2.42. The first-order chi connectivity index (χ1) is 15.8. The first-order valence-corrected chi connectivity index (χ1v) is 12.9. The van der Waals surface area contributed by atoms with E-state index in [1.807, 2.05) is 30.3 Å². The number of carbonyl (C=O) groups is 2. The molecule has 1 aromatic heterocycles. The third-order valence-electron chi connectivity index (χ3n) is 7.46. The summed E-state index contributed by atoms with van der Waals surface area (Å²) in [6.07, 6.45) is 5.20. The molecule has 178 valence electrons. The summed E-state index contributed by atoms with van der Waals surface area (Å²) in [5, 5.41) is 5.48. The number of nitrogens with one attached hydrogen (secondary N) is 2. The SMILES string of the molecule is Cc1c(NC(=O)C(C)SCC(=O)NC(C)C2CC3CCC2C3)c(=O)n(-c2ccccc2)n1C. The first kappa shape index (κ1) is 23.7. The number of fused-ring (bicyclic) bond motifs is 2. The number of amides is 2. The molecule has 2 N–H and O–H groups in total. The molecular formula is C25H34N4O3S. The number of benzene rings is 1. The van der Waals surface area contributed by atoms with E-state index < -0.39 is 5.25 Å². The molecule has 1 aromatic carbocycles. The Balaban J connectivity index is 1.32. The van der Waals surface area contributed by atoms with Gasteiger partial charge in [0.05, 0.1) is 22.4 Å². The molecule has 33 heavy (non-hydrogen) atoms. The lowest BCUT2D eigenvalue weighted by molar-refractivity contribution is -0.119. The van der Waals surface area contributed by atoms with Crippen molar-refractivity contribution in [3.63, 3.8) is 0 Å². The highest BCUT2D eigenvalue weighted by atomic mass is 32.2. The van der Waals surface area contributed by atoms with Crippen LogP contribution < -0.4 is 16.2 Å². The minimum Gasteiger partial charge on any atom is -0.353 e. The standard InChI is InChI=1S/C25H34N4O3S/c1-15(21-13-18-10-11-19(21)12-18)26-22(30)14-33-17(3)24(31)27-23-16(2)28(4)29(25(23)32)20-8-6-5-7-9-20/h5-9,15,17-19,21H,10-14H2,1-4H3,(H,26,30)(H,27,31). The topological polar surface area (TPSA) is 85.1 Å². The van der Waals surface area contributed by atoms with Crippen LogP contribution in [0.4, 0.5) is 5.69 Å². The maximum atomic E-state index is 13.0.